The molecular weight excluding hydrogens is 985 g/mol. The smallest absolute Gasteiger partial charge is 0.395 e. The highest BCUT2D eigenvalue weighted by Crippen LogP contribution is 2.39. The number of alkyl halides is 3. The number of aliphatic hydroxyl groups is 2. The van der Waals surface area contributed by atoms with Crippen LogP contribution in [0.4, 0.5) is 24.5 Å². The molecule has 2 heterocycles. The van der Waals surface area contributed by atoms with Crippen molar-refractivity contribution in [2.45, 2.75) is 58.1 Å². The lowest BCUT2D eigenvalue weighted by molar-refractivity contribution is -0.0435. The molecule has 5 aromatic carbocycles. The van der Waals surface area contributed by atoms with Gasteiger partial charge in [-0.25, -0.2) is 21.6 Å². The maximum absolute atomic E-state index is 14.2. The molecule has 0 saturated carbocycles. The number of aliphatic hydroxyl groups excluding tert-OH is 2. The number of thioether (sulfide) groups is 1. The molecule has 376 valence electrons. The molecule has 7 rings (SSSR count). The molecule has 0 spiro atoms. The number of halogens is 4. The molecule has 2 atom stereocenters. The van der Waals surface area contributed by atoms with Crippen LogP contribution in [-0.4, -0.2) is 126 Å². The number of anilines is 2. The minimum atomic E-state index is -6.10. The lowest BCUT2D eigenvalue weighted by Crippen LogP contribution is -2.42. The molecule has 2 unspecified atom stereocenters. The van der Waals surface area contributed by atoms with E-state index in [1.807, 2.05) is 64.2 Å². The van der Waals surface area contributed by atoms with Crippen LogP contribution in [0.3, 0.4) is 0 Å². The fourth-order valence-electron chi connectivity index (χ4n) is 8.69. The summed E-state index contributed by atoms with van der Waals surface area (Å²) in [6.45, 7) is 6.34. The van der Waals surface area contributed by atoms with E-state index in [0.717, 1.165) is 77.7 Å². The number of likely N-dealkylation sites (N-methyl/N-ethyl adjacent to an activating group) is 1. The third-order valence-corrected chi connectivity index (χ3v) is 16.9. The van der Waals surface area contributed by atoms with Gasteiger partial charge in [-0.1, -0.05) is 60.1 Å². The normalized spacial score (nSPS) is 16.3. The lowest BCUT2D eigenvalue weighted by atomic mass is 9.83. The molecule has 2 fully saturated rings. The average molecular weight is 1040 g/mol. The first-order valence-corrected chi connectivity index (χ1v) is 27.4. The molecule has 1 amide bonds. The van der Waals surface area contributed by atoms with Crippen LogP contribution >= 0.6 is 23.4 Å². The summed E-state index contributed by atoms with van der Waals surface area (Å²) in [5.74, 6) is -0.817. The van der Waals surface area contributed by atoms with Gasteiger partial charge in [0.05, 0.1) is 23.3 Å². The van der Waals surface area contributed by atoms with Crippen LogP contribution < -0.4 is 20.3 Å². The maximum Gasteiger partial charge on any atom is 0.501 e. The number of piperazine rings is 1. The number of carbonyl (C=O) groups is 1. The van der Waals surface area contributed by atoms with E-state index in [2.05, 4.69) is 38.6 Å². The van der Waals surface area contributed by atoms with Crippen molar-refractivity contribution < 1.29 is 45.0 Å². The van der Waals surface area contributed by atoms with Gasteiger partial charge >= 0.3 is 5.51 Å². The summed E-state index contributed by atoms with van der Waals surface area (Å²) < 4.78 is 97.7. The number of hydrogen-bond donors (Lipinski definition) is 5. The SMILES string of the molecule is CN(CCO)CCC(CSc1ccccc1)Nc1ccc(S(=O)(=O)NC(=O)c2ccc(N3CCC(C(O)c4cc(CN5CCNCC5)ccc4-c4ccc(Cl)cc4)CC3)cc2)cc1S(=O)(=O)C(F)(F)F. The highest BCUT2D eigenvalue weighted by Gasteiger charge is 2.48. The number of rotatable bonds is 20. The van der Waals surface area contributed by atoms with Gasteiger partial charge in [0.1, 0.15) is 4.90 Å². The van der Waals surface area contributed by atoms with Crippen LogP contribution in [0.5, 0.6) is 0 Å². The van der Waals surface area contributed by atoms with Gasteiger partial charge in [0.25, 0.3) is 25.8 Å². The molecular formula is C50H58ClF3N6O7S3. The lowest BCUT2D eigenvalue weighted by Gasteiger charge is -2.36. The molecule has 5 N–H and O–H groups in total. The van der Waals surface area contributed by atoms with E-state index in [9.17, 15) is 45.0 Å². The van der Waals surface area contributed by atoms with Gasteiger partial charge < -0.3 is 30.6 Å². The number of benzene rings is 5. The Morgan fingerprint density at radius 1 is 0.886 bits per heavy atom. The van der Waals surface area contributed by atoms with E-state index in [1.165, 1.54) is 23.9 Å². The largest absolute Gasteiger partial charge is 0.501 e. The Balaban J connectivity index is 1.02. The number of hydrogen-bond acceptors (Lipinski definition) is 13. The fraction of sp³-hybridized carbons (Fsp3) is 0.380. The van der Waals surface area contributed by atoms with Crippen LogP contribution in [0.15, 0.2) is 130 Å². The molecule has 0 radical (unpaired) electrons. The van der Waals surface area contributed by atoms with E-state index < -0.39 is 58.9 Å². The maximum atomic E-state index is 14.2. The predicted octanol–water partition coefficient (Wildman–Crippen LogP) is 7.66. The van der Waals surface area contributed by atoms with Gasteiger partial charge in [-0.05, 0) is 128 Å². The number of sulfonamides is 1. The zero-order valence-corrected chi connectivity index (χ0v) is 41.8. The van der Waals surface area contributed by atoms with Gasteiger partial charge in [0.15, 0.2) is 0 Å². The first-order chi connectivity index (χ1) is 33.4. The fourth-order valence-corrected chi connectivity index (χ4v) is 11.8. The van der Waals surface area contributed by atoms with Gasteiger partial charge in [0.2, 0.25) is 0 Å². The molecule has 0 aromatic heterocycles. The summed E-state index contributed by atoms with van der Waals surface area (Å²) in [6, 6.07) is 31.0. The van der Waals surface area contributed by atoms with Crippen molar-refractivity contribution in [2.24, 2.45) is 5.92 Å². The minimum Gasteiger partial charge on any atom is -0.395 e. The summed E-state index contributed by atoms with van der Waals surface area (Å²) in [5, 5.41) is 28.3. The number of amides is 1. The Labute approximate surface area is 417 Å². The number of carbonyl (C=O) groups excluding carboxylic acids is 1. The third kappa shape index (κ3) is 13.6. The van der Waals surface area contributed by atoms with Gasteiger partial charge in [0, 0.05) is 85.3 Å². The third-order valence-electron chi connectivity index (χ3n) is 12.7. The number of nitrogens with zero attached hydrogens (tertiary/aromatic N) is 3. The summed E-state index contributed by atoms with van der Waals surface area (Å²) in [7, 11) is -9.24. The van der Waals surface area contributed by atoms with Crippen molar-refractivity contribution in [1.82, 2.24) is 19.8 Å². The van der Waals surface area contributed by atoms with Crippen LogP contribution in [0.25, 0.3) is 11.1 Å². The molecule has 0 aliphatic carbocycles. The topological polar surface area (TPSA) is 172 Å². The van der Waals surface area contributed by atoms with Crippen LogP contribution in [0, 0.1) is 5.92 Å². The summed E-state index contributed by atoms with van der Waals surface area (Å²) in [4.78, 5) is 18.4. The van der Waals surface area contributed by atoms with Gasteiger partial charge in [-0.3, -0.25) is 9.69 Å². The number of piperidine rings is 1. The Bertz CT molecular complexity index is 2760. The van der Waals surface area contributed by atoms with E-state index in [-0.39, 0.29) is 18.1 Å². The summed E-state index contributed by atoms with van der Waals surface area (Å²) in [6.07, 6.45) is 0.924. The second kappa shape index (κ2) is 23.7. The molecule has 70 heavy (non-hydrogen) atoms. The van der Waals surface area contributed by atoms with Crippen molar-refractivity contribution in [3.63, 3.8) is 0 Å². The number of sulfone groups is 1. The van der Waals surface area contributed by atoms with Gasteiger partial charge in [-0.2, -0.15) is 13.2 Å². The van der Waals surface area contributed by atoms with Crippen molar-refractivity contribution in [3.05, 3.63) is 137 Å². The second-order valence-electron chi connectivity index (χ2n) is 17.6. The zero-order chi connectivity index (χ0) is 50.1. The van der Waals surface area contributed by atoms with Crippen molar-refractivity contribution in [1.29, 1.82) is 0 Å². The average Bonchev–Trinajstić information content (AvgIpc) is 3.35. The monoisotopic (exact) mass is 1040 g/mol. The predicted molar refractivity (Wildman–Crippen MR) is 269 cm³/mol. The van der Waals surface area contributed by atoms with Crippen molar-refractivity contribution >= 4 is 60.5 Å². The first-order valence-electron chi connectivity index (χ1n) is 23.0. The van der Waals surface area contributed by atoms with Crippen molar-refractivity contribution in [2.75, 3.05) is 82.0 Å². The highest BCUT2D eigenvalue weighted by atomic mass is 35.5. The number of nitrogens with one attached hydrogen (secondary N) is 3. The molecule has 2 aliphatic rings. The van der Waals surface area contributed by atoms with E-state index in [1.54, 1.807) is 19.2 Å². The first kappa shape index (κ1) is 53.1. The molecule has 2 saturated heterocycles. The van der Waals surface area contributed by atoms with Crippen LogP contribution in [0.2, 0.25) is 5.02 Å². The quantitative estimate of drug-likeness (QED) is 0.0482. The van der Waals surface area contributed by atoms with Gasteiger partial charge in [-0.15, -0.1) is 11.8 Å². The highest BCUT2D eigenvalue weighted by molar-refractivity contribution is 7.99. The van der Waals surface area contributed by atoms with E-state index in [4.69, 9.17) is 11.6 Å². The van der Waals surface area contributed by atoms with Crippen LogP contribution in [0.1, 0.15) is 46.9 Å². The summed E-state index contributed by atoms with van der Waals surface area (Å²) >= 11 is 7.61. The van der Waals surface area contributed by atoms with E-state index in [0.29, 0.717) is 62.3 Å². The zero-order valence-electron chi connectivity index (χ0n) is 38.6. The molecule has 20 heteroatoms. The minimum absolute atomic E-state index is 0.0482. The Morgan fingerprint density at radius 2 is 1.57 bits per heavy atom. The Kier molecular flexibility index (Phi) is 18.0. The van der Waals surface area contributed by atoms with Crippen LogP contribution in [-0.2, 0) is 26.4 Å². The van der Waals surface area contributed by atoms with Crippen molar-refractivity contribution in [3.8, 4) is 11.1 Å². The Morgan fingerprint density at radius 3 is 2.23 bits per heavy atom. The molecule has 0 bridgehead atoms. The molecule has 5 aromatic rings. The Hall–Kier alpha value is -4.70. The summed E-state index contributed by atoms with van der Waals surface area (Å²) in [5.41, 5.74) is -1.64. The molecule has 2 aliphatic heterocycles. The second-order valence-corrected chi connectivity index (χ2v) is 22.7. The van der Waals surface area contributed by atoms with E-state index >= 15 is 0 Å². The molecule has 13 nitrogen and oxygen atoms in total. The standard InChI is InChI=1S/C50H58ClF3N6O7S3/c1-58(29-30-61)24-21-40(34-68-42-5-3-2-4-6-42)56-46-18-16-43(32-47(46)69(64,65)50(52,53)54)70(66,67)57-49(63)38-10-14-41(15-11-38)60-25-19-37(20-26-60)48(62)45-31-35(33-59-27-22-55-23-28-59)7-17-44(45)36-8-12-39(51)13-9-36/h2-18,31-32,37,40,48,55-56,61-62H,19-30,33-34H2,1H3,(H,57,63).